The van der Waals surface area contributed by atoms with Gasteiger partial charge in [0.25, 0.3) is 0 Å². The molecule has 0 spiro atoms. The summed E-state index contributed by atoms with van der Waals surface area (Å²) in [6.07, 6.45) is 4.27. The number of hydrogen-bond donors (Lipinski definition) is 2. The minimum absolute atomic E-state index is 0.169. The summed E-state index contributed by atoms with van der Waals surface area (Å²) in [7, 11) is -3.56. The van der Waals surface area contributed by atoms with Crippen molar-refractivity contribution in [2.45, 2.75) is 44.0 Å². The van der Waals surface area contributed by atoms with Gasteiger partial charge in [-0.3, -0.25) is 0 Å². The molecule has 0 unspecified atom stereocenters. The van der Waals surface area contributed by atoms with Crippen molar-refractivity contribution in [2.75, 3.05) is 6.61 Å². The first-order valence-corrected chi connectivity index (χ1v) is 9.36. The summed E-state index contributed by atoms with van der Waals surface area (Å²) in [5.41, 5.74) is 2.22. The Labute approximate surface area is 136 Å². The summed E-state index contributed by atoms with van der Waals surface area (Å²) in [5.74, 6) is 1.33. The van der Waals surface area contributed by atoms with E-state index in [0.717, 1.165) is 37.1 Å². The molecule has 1 aliphatic carbocycles. The van der Waals surface area contributed by atoms with E-state index >= 15 is 0 Å². The third-order valence-corrected chi connectivity index (χ3v) is 5.30. The number of hydrogen-bond acceptors (Lipinski definition) is 4. The molecule has 0 saturated carbocycles. The number of sulfonamides is 1. The molecule has 1 heterocycles. The van der Waals surface area contributed by atoms with Gasteiger partial charge in [0.15, 0.2) is 0 Å². The lowest BCUT2D eigenvalue weighted by Gasteiger charge is -2.07. The summed E-state index contributed by atoms with van der Waals surface area (Å²) < 4.78 is 32.6. The van der Waals surface area contributed by atoms with Crippen molar-refractivity contribution in [3.63, 3.8) is 0 Å². The molecule has 7 heteroatoms. The Bertz CT molecular complexity index is 743. The van der Waals surface area contributed by atoms with E-state index in [1.807, 2.05) is 6.92 Å². The van der Waals surface area contributed by atoms with Crippen molar-refractivity contribution >= 4 is 10.0 Å². The normalized spacial score (nSPS) is 14.5. The number of aromatic nitrogens is 2. The van der Waals surface area contributed by atoms with Crippen LogP contribution in [-0.4, -0.2) is 25.0 Å². The van der Waals surface area contributed by atoms with Crippen LogP contribution >= 0.6 is 0 Å². The zero-order valence-electron chi connectivity index (χ0n) is 13.1. The van der Waals surface area contributed by atoms with Gasteiger partial charge in [-0.1, -0.05) is 0 Å². The van der Waals surface area contributed by atoms with E-state index in [2.05, 4.69) is 14.7 Å². The lowest BCUT2D eigenvalue weighted by Crippen LogP contribution is -2.23. The monoisotopic (exact) mass is 335 g/mol. The Balaban J connectivity index is 1.67. The van der Waals surface area contributed by atoms with Crippen LogP contribution in [0.15, 0.2) is 29.2 Å². The number of fused-ring (bicyclic) bond motifs is 1. The van der Waals surface area contributed by atoms with E-state index in [4.69, 9.17) is 4.74 Å². The number of aromatic amines is 1. The molecule has 0 atom stereocenters. The van der Waals surface area contributed by atoms with Gasteiger partial charge < -0.3 is 9.72 Å². The summed E-state index contributed by atoms with van der Waals surface area (Å²) in [6.45, 7) is 2.60. The Morgan fingerprint density at radius 1 is 1.22 bits per heavy atom. The number of nitrogens with zero attached hydrogens (tertiary/aromatic N) is 1. The number of rotatable bonds is 6. The van der Waals surface area contributed by atoms with Crippen molar-refractivity contribution in [3.05, 3.63) is 41.5 Å². The largest absolute Gasteiger partial charge is 0.494 e. The van der Waals surface area contributed by atoms with Crippen LogP contribution in [0.4, 0.5) is 0 Å². The van der Waals surface area contributed by atoms with Gasteiger partial charge in [0, 0.05) is 5.69 Å². The third kappa shape index (κ3) is 3.73. The molecular weight excluding hydrogens is 314 g/mol. The maximum atomic E-state index is 12.3. The predicted octanol–water partition coefficient (Wildman–Crippen LogP) is 2.17. The van der Waals surface area contributed by atoms with E-state index in [9.17, 15) is 8.42 Å². The first kappa shape index (κ1) is 16.0. The highest BCUT2D eigenvalue weighted by Gasteiger charge is 2.17. The molecule has 6 nitrogen and oxygen atoms in total. The lowest BCUT2D eigenvalue weighted by molar-refractivity contribution is 0.340. The van der Waals surface area contributed by atoms with Crippen LogP contribution in [0.25, 0.3) is 0 Å². The standard InChI is InChI=1S/C16H21N3O3S/c1-2-22-12-7-9-13(10-8-12)23(20,21)17-11-16-18-14-5-3-4-6-15(14)19-16/h7-10,17H,2-6,11H2,1H3,(H,18,19). The van der Waals surface area contributed by atoms with Gasteiger partial charge in [0.05, 0.1) is 23.7 Å². The number of ether oxygens (including phenoxy) is 1. The average Bonchev–Trinajstić information content (AvgIpc) is 2.97. The maximum absolute atomic E-state index is 12.3. The number of H-pyrrole nitrogens is 1. The fourth-order valence-electron chi connectivity index (χ4n) is 2.72. The molecular formula is C16H21N3O3S. The molecule has 3 rings (SSSR count). The molecule has 23 heavy (non-hydrogen) atoms. The summed E-state index contributed by atoms with van der Waals surface area (Å²) in [6, 6.07) is 6.40. The SMILES string of the molecule is CCOc1ccc(S(=O)(=O)NCc2nc3c([nH]2)CCCC3)cc1. The van der Waals surface area contributed by atoms with Gasteiger partial charge in [-0.2, -0.15) is 0 Å². The van der Waals surface area contributed by atoms with Crippen LogP contribution in [0, 0.1) is 0 Å². The van der Waals surface area contributed by atoms with Gasteiger partial charge in [-0.15, -0.1) is 0 Å². The Kier molecular flexibility index (Phi) is 4.68. The smallest absolute Gasteiger partial charge is 0.240 e. The van der Waals surface area contributed by atoms with Gasteiger partial charge in [0.2, 0.25) is 10.0 Å². The van der Waals surface area contributed by atoms with Gasteiger partial charge in [-0.25, -0.2) is 18.1 Å². The fourth-order valence-corrected chi connectivity index (χ4v) is 3.71. The number of nitrogens with one attached hydrogen (secondary N) is 2. The quantitative estimate of drug-likeness (QED) is 0.847. The van der Waals surface area contributed by atoms with Crippen LogP contribution in [0.2, 0.25) is 0 Å². The first-order valence-electron chi connectivity index (χ1n) is 7.87. The zero-order chi connectivity index (χ0) is 16.3. The van der Waals surface area contributed by atoms with Crippen molar-refractivity contribution in [2.24, 2.45) is 0 Å². The molecule has 1 aromatic carbocycles. The van der Waals surface area contributed by atoms with Crippen molar-refractivity contribution in [3.8, 4) is 5.75 Å². The number of aryl methyl sites for hydroxylation is 2. The Hall–Kier alpha value is -1.86. The Morgan fingerprint density at radius 2 is 1.96 bits per heavy atom. The zero-order valence-corrected chi connectivity index (χ0v) is 13.9. The molecule has 1 aliphatic rings. The fraction of sp³-hybridized carbons (Fsp3) is 0.438. The van der Waals surface area contributed by atoms with Crippen LogP contribution in [0.5, 0.6) is 5.75 Å². The summed E-state index contributed by atoms with van der Waals surface area (Å²) in [5, 5.41) is 0. The topological polar surface area (TPSA) is 84.1 Å². The molecule has 0 saturated heterocycles. The number of benzene rings is 1. The maximum Gasteiger partial charge on any atom is 0.240 e. The van der Waals surface area contributed by atoms with Gasteiger partial charge in [0.1, 0.15) is 11.6 Å². The molecule has 0 bridgehead atoms. The molecule has 0 radical (unpaired) electrons. The minimum Gasteiger partial charge on any atom is -0.494 e. The molecule has 0 amide bonds. The second kappa shape index (κ2) is 6.72. The molecule has 1 aromatic heterocycles. The molecule has 2 aromatic rings. The van der Waals surface area contributed by atoms with Crippen LogP contribution in [0.1, 0.15) is 37.0 Å². The van der Waals surface area contributed by atoms with E-state index in [1.54, 1.807) is 24.3 Å². The van der Waals surface area contributed by atoms with E-state index in [0.29, 0.717) is 18.2 Å². The highest BCUT2D eigenvalue weighted by Crippen LogP contribution is 2.19. The van der Waals surface area contributed by atoms with E-state index < -0.39 is 10.0 Å². The second-order valence-electron chi connectivity index (χ2n) is 5.54. The van der Waals surface area contributed by atoms with E-state index in [1.165, 1.54) is 0 Å². The lowest BCUT2D eigenvalue weighted by atomic mass is 10.0. The molecule has 0 aliphatic heterocycles. The van der Waals surface area contributed by atoms with Crippen molar-refractivity contribution < 1.29 is 13.2 Å². The van der Waals surface area contributed by atoms with Gasteiger partial charge in [-0.05, 0) is 56.9 Å². The third-order valence-electron chi connectivity index (χ3n) is 3.88. The van der Waals surface area contributed by atoms with Crippen molar-refractivity contribution in [1.82, 2.24) is 14.7 Å². The van der Waals surface area contributed by atoms with E-state index in [-0.39, 0.29) is 11.4 Å². The molecule has 124 valence electrons. The highest BCUT2D eigenvalue weighted by molar-refractivity contribution is 7.89. The molecule has 2 N–H and O–H groups in total. The average molecular weight is 335 g/mol. The van der Waals surface area contributed by atoms with Gasteiger partial charge >= 0.3 is 0 Å². The van der Waals surface area contributed by atoms with Crippen molar-refractivity contribution in [1.29, 1.82) is 0 Å². The van der Waals surface area contributed by atoms with Crippen LogP contribution < -0.4 is 9.46 Å². The second-order valence-corrected chi connectivity index (χ2v) is 7.31. The minimum atomic E-state index is -3.56. The highest BCUT2D eigenvalue weighted by atomic mass is 32.2. The van der Waals surface area contributed by atoms with Crippen LogP contribution in [-0.2, 0) is 29.4 Å². The predicted molar refractivity (Wildman–Crippen MR) is 86.9 cm³/mol. The summed E-state index contributed by atoms with van der Waals surface area (Å²) in [4.78, 5) is 7.93. The number of imidazole rings is 1. The summed E-state index contributed by atoms with van der Waals surface area (Å²) >= 11 is 0. The first-order chi connectivity index (χ1) is 11.1. The Morgan fingerprint density at radius 3 is 2.65 bits per heavy atom. The van der Waals surface area contributed by atoms with Crippen LogP contribution in [0.3, 0.4) is 0 Å². The molecule has 0 fully saturated rings.